The maximum absolute atomic E-state index is 11.6. The van der Waals surface area contributed by atoms with Crippen molar-refractivity contribution in [3.05, 3.63) is 35.4 Å². The molecular weight excluding hydrogens is 222 g/mol. The standard InChI is InChI=1S/C16H25NO/c1-6-16(18)15-9-7-14(8-10-15)11-17(12(2)3)13(4)5/h7-10,12-13H,6,11H2,1-5H3. The molecule has 0 fully saturated rings. The molecule has 0 aromatic heterocycles. The number of carbonyl (C=O) groups excluding carboxylic acids is 1. The predicted molar refractivity (Wildman–Crippen MR) is 76.9 cm³/mol. The topological polar surface area (TPSA) is 20.3 Å². The van der Waals surface area contributed by atoms with Gasteiger partial charge < -0.3 is 0 Å². The van der Waals surface area contributed by atoms with Gasteiger partial charge in [0.25, 0.3) is 0 Å². The maximum Gasteiger partial charge on any atom is 0.162 e. The van der Waals surface area contributed by atoms with Crippen LogP contribution in [0.5, 0.6) is 0 Å². The fraction of sp³-hybridized carbons (Fsp3) is 0.562. The number of hydrogen-bond donors (Lipinski definition) is 0. The number of Topliss-reactive ketones (excluding diaryl/α,β-unsaturated/α-hetero) is 1. The number of rotatable bonds is 6. The summed E-state index contributed by atoms with van der Waals surface area (Å²) in [5.41, 5.74) is 2.09. The van der Waals surface area contributed by atoms with Crippen molar-refractivity contribution in [1.29, 1.82) is 0 Å². The van der Waals surface area contributed by atoms with Gasteiger partial charge in [-0.05, 0) is 33.3 Å². The SMILES string of the molecule is CCC(=O)c1ccc(CN(C(C)C)C(C)C)cc1. The Balaban J connectivity index is 2.76. The zero-order valence-electron chi connectivity index (χ0n) is 12.2. The Labute approximate surface area is 111 Å². The van der Waals surface area contributed by atoms with E-state index in [2.05, 4.69) is 44.7 Å². The van der Waals surface area contributed by atoms with Crippen LogP contribution >= 0.6 is 0 Å². The first-order valence-electron chi connectivity index (χ1n) is 6.83. The normalized spacial score (nSPS) is 11.6. The molecule has 0 heterocycles. The van der Waals surface area contributed by atoms with E-state index in [-0.39, 0.29) is 5.78 Å². The monoisotopic (exact) mass is 247 g/mol. The van der Waals surface area contributed by atoms with Crippen molar-refractivity contribution in [1.82, 2.24) is 4.90 Å². The molecule has 2 heteroatoms. The third-order valence-corrected chi connectivity index (χ3v) is 3.29. The summed E-state index contributed by atoms with van der Waals surface area (Å²) < 4.78 is 0. The Morgan fingerprint density at radius 1 is 1.06 bits per heavy atom. The van der Waals surface area contributed by atoms with Crippen molar-refractivity contribution < 1.29 is 4.79 Å². The van der Waals surface area contributed by atoms with E-state index in [9.17, 15) is 4.79 Å². The molecule has 0 atom stereocenters. The quantitative estimate of drug-likeness (QED) is 0.711. The Morgan fingerprint density at radius 2 is 1.56 bits per heavy atom. The summed E-state index contributed by atoms with van der Waals surface area (Å²) in [5, 5.41) is 0. The predicted octanol–water partition coefficient (Wildman–Crippen LogP) is 3.90. The van der Waals surface area contributed by atoms with E-state index >= 15 is 0 Å². The lowest BCUT2D eigenvalue weighted by molar-refractivity contribution is 0.0988. The van der Waals surface area contributed by atoms with E-state index in [1.54, 1.807) is 0 Å². The molecule has 1 rings (SSSR count). The lowest BCUT2D eigenvalue weighted by atomic mass is 10.1. The molecule has 100 valence electrons. The van der Waals surface area contributed by atoms with Crippen LogP contribution in [-0.4, -0.2) is 22.8 Å². The molecule has 0 spiro atoms. The van der Waals surface area contributed by atoms with Crippen molar-refractivity contribution in [3.8, 4) is 0 Å². The maximum atomic E-state index is 11.6. The second kappa shape index (κ2) is 6.69. The number of hydrogen-bond acceptors (Lipinski definition) is 2. The Morgan fingerprint density at radius 3 is 1.94 bits per heavy atom. The van der Waals surface area contributed by atoms with E-state index in [1.807, 2.05) is 19.1 Å². The molecule has 0 radical (unpaired) electrons. The molecule has 0 aliphatic carbocycles. The summed E-state index contributed by atoms with van der Waals surface area (Å²) in [6.07, 6.45) is 0.573. The molecule has 0 aliphatic rings. The minimum Gasteiger partial charge on any atom is -0.294 e. The van der Waals surface area contributed by atoms with Gasteiger partial charge in [-0.25, -0.2) is 0 Å². The van der Waals surface area contributed by atoms with Gasteiger partial charge in [-0.2, -0.15) is 0 Å². The highest BCUT2D eigenvalue weighted by molar-refractivity contribution is 5.95. The van der Waals surface area contributed by atoms with Gasteiger partial charge in [0.1, 0.15) is 0 Å². The van der Waals surface area contributed by atoms with E-state index in [0.29, 0.717) is 18.5 Å². The van der Waals surface area contributed by atoms with Crippen LogP contribution in [0.15, 0.2) is 24.3 Å². The molecule has 0 aliphatic heterocycles. The first-order valence-corrected chi connectivity index (χ1v) is 6.83. The minimum atomic E-state index is 0.214. The highest BCUT2D eigenvalue weighted by Gasteiger charge is 2.13. The second-order valence-corrected chi connectivity index (χ2v) is 5.33. The van der Waals surface area contributed by atoms with Crippen molar-refractivity contribution in [2.24, 2.45) is 0 Å². The minimum absolute atomic E-state index is 0.214. The van der Waals surface area contributed by atoms with Gasteiger partial charge >= 0.3 is 0 Å². The molecule has 0 unspecified atom stereocenters. The van der Waals surface area contributed by atoms with Gasteiger partial charge in [0.15, 0.2) is 5.78 Å². The van der Waals surface area contributed by atoms with Crippen LogP contribution in [0.2, 0.25) is 0 Å². The highest BCUT2D eigenvalue weighted by atomic mass is 16.1. The fourth-order valence-electron chi connectivity index (χ4n) is 2.17. The highest BCUT2D eigenvalue weighted by Crippen LogP contribution is 2.13. The van der Waals surface area contributed by atoms with Gasteiger partial charge in [-0.15, -0.1) is 0 Å². The number of ketones is 1. The van der Waals surface area contributed by atoms with Gasteiger partial charge in [-0.3, -0.25) is 9.69 Å². The third-order valence-electron chi connectivity index (χ3n) is 3.29. The lowest BCUT2D eigenvalue weighted by Gasteiger charge is -2.30. The Hall–Kier alpha value is -1.15. The summed E-state index contributed by atoms with van der Waals surface area (Å²) in [6.45, 7) is 11.7. The average Bonchev–Trinajstić information content (AvgIpc) is 2.35. The van der Waals surface area contributed by atoms with Gasteiger partial charge in [-0.1, -0.05) is 31.2 Å². The number of nitrogens with zero attached hydrogens (tertiary/aromatic N) is 1. The Kier molecular flexibility index (Phi) is 5.54. The number of benzene rings is 1. The first kappa shape index (κ1) is 14.9. The van der Waals surface area contributed by atoms with Crippen LogP contribution in [0.4, 0.5) is 0 Å². The zero-order valence-corrected chi connectivity index (χ0v) is 12.2. The van der Waals surface area contributed by atoms with Crippen LogP contribution in [0.1, 0.15) is 57.0 Å². The van der Waals surface area contributed by atoms with Crippen molar-refractivity contribution in [2.75, 3.05) is 0 Å². The van der Waals surface area contributed by atoms with Crippen molar-refractivity contribution >= 4 is 5.78 Å². The summed E-state index contributed by atoms with van der Waals surface area (Å²) in [4.78, 5) is 14.0. The van der Waals surface area contributed by atoms with Gasteiger partial charge in [0.2, 0.25) is 0 Å². The van der Waals surface area contributed by atoms with E-state index in [1.165, 1.54) is 5.56 Å². The largest absolute Gasteiger partial charge is 0.294 e. The van der Waals surface area contributed by atoms with Crippen molar-refractivity contribution in [3.63, 3.8) is 0 Å². The van der Waals surface area contributed by atoms with Gasteiger partial charge in [0, 0.05) is 30.6 Å². The molecule has 0 N–H and O–H groups in total. The molecular formula is C16H25NO. The summed E-state index contributed by atoms with van der Waals surface area (Å²) in [7, 11) is 0. The van der Waals surface area contributed by atoms with Crippen molar-refractivity contribution in [2.45, 2.75) is 59.7 Å². The second-order valence-electron chi connectivity index (χ2n) is 5.33. The summed E-state index contributed by atoms with van der Waals surface area (Å²) >= 11 is 0. The van der Waals surface area contributed by atoms with Crippen LogP contribution in [0.3, 0.4) is 0 Å². The van der Waals surface area contributed by atoms with Gasteiger partial charge in [0.05, 0.1) is 0 Å². The van der Waals surface area contributed by atoms with Crippen LogP contribution in [0, 0.1) is 0 Å². The fourth-order valence-corrected chi connectivity index (χ4v) is 2.17. The van der Waals surface area contributed by atoms with E-state index in [4.69, 9.17) is 0 Å². The summed E-state index contributed by atoms with van der Waals surface area (Å²) in [6, 6.07) is 9.09. The molecule has 1 aromatic carbocycles. The third kappa shape index (κ3) is 3.95. The molecule has 2 nitrogen and oxygen atoms in total. The van der Waals surface area contributed by atoms with Crippen LogP contribution in [-0.2, 0) is 6.54 Å². The first-order chi connectivity index (χ1) is 8.45. The molecule has 0 saturated carbocycles. The van der Waals surface area contributed by atoms with E-state index < -0.39 is 0 Å². The molecule has 0 bridgehead atoms. The number of carbonyl (C=O) groups is 1. The zero-order chi connectivity index (χ0) is 13.7. The Bertz CT molecular complexity index is 371. The average molecular weight is 247 g/mol. The van der Waals surface area contributed by atoms with E-state index in [0.717, 1.165) is 12.1 Å². The molecule has 18 heavy (non-hydrogen) atoms. The smallest absolute Gasteiger partial charge is 0.162 e. The summed E-state index contributed by atoms with van der Waals surface area (Å²) in [5.74, 6) is 0.214. The van der Waals surface area contributed by atoms with Crippen LogP contribution in [0.25, 0.3) is 0 Å². The van der Waals surface area contributed by atoms with Crippen LogP contribution < -0.4 is 0 Å². The molecule has 0 amide bonds. The molecule has 0 saturated heterocycles. The molecule has 1 aromatic rings. The lowest BCUT2D eigenvalue weighted by Crippen LogP contribution is -2.36.